The van der Waals surface area contributed by atoms with E-state index >= 15 is 0 Å². The Bertz CT molecular complexity index is 495. The molecule has 1 aromatic rings. The zero-order valence-electron chi connectivity index (χ0n) is 12.1. The minimum absolute atomic E-state index is 0.152. The molecule has 1 rings (SSSR count). The highest BCUT2D eigenvalue weighted by Gasteiger charge is 2.15. The van der Waals surface area contributed by atoms with Crippen LogP contribution in [0.4, 0.5) is 0 Å². The number of nitrogens with one attached hydrogen (secondary N) is 1. The van der Waals surface area contributed by atoms with Crippen molar-refractivity contribution < 1.29 is 8.42 Å². The fraction of sp³-hybridized carbons (Fsp3) is 0.571. The van der Waals surface area contributed by atoms with Crippen LogP contribution in [-0.2, 0) is 10.0 Å². The van der Waals surface area contributed by atoms with Gasteiger partial charge in [0.25, 0.3) is 0 Å². The van der Waals surface area contributed by atoms with E-state index < -0.39 is 10.0 Å². The predicted octanol–water partition coefficient (Wildman–Crippen LogP) is 2.42. The highest BCUT2D eigenvalue weighted by molar-refractivity contribution is 7.89. The van der Waals surface area contributed by atoms with E-state index in [2.05, 4.69) is 33.0 Å². The summed E-state index contributed by atoms with van der Waals surface area (Å²) >= 11 is 0. The smallest absolute Gasteiger partial charge is 0.238 e. The van der Waals surface area contributed by atoms with Crippen LogP contribution in [0.3, 0.4) is 0 Å². The number of rotatable bonds is 6. The Kier molecular flexibility index (Phi) is 5.52. The summed E-state index contributed by atoms with van der Waals surface area (Å²) < 4.78 is 22.4. The fourth-order valence-electron chi connectivity index (χ4n) is 2.15. The Hall–Kier alpha value is -0.910. The minimum Gasteiger partial charge on any atom is -0.307 e. The molecule has 2 atom stereocenters. The molecule has 0 amide bonds. The van der Waals surface area contributed by atoms with Gasteiger partial charge in [-0.05, 0) is 37.0 Å². The molecule has 0 aliphatic heterocycles. The molecule has 2 unspecified atom stereocenters. The maximum Gasteiger partial charge on any atom is 0.238 e. The van der Waals surface area contributed by atoms with E-state index in [0.717, 1.165) is 12.0 Å². The highest BCUT2D eigenvalue weighted by atomic mass is 32.2. The summed E-state index contributed by atoms with van der Waals surface area (Å²) in [7, 11) is -3.61. The molecule has 0 aliphatic rings. The van der Waals surface area contributed by atoms with Crippen molar-refractivity contribution in [1.82, 2.24) is 5.32 Å². The van der Waals surface area contributed by atoms with E-state index in [1.165, 1.54) is 0 Å². The highest BCUT2D eigenvalue weighted by Crippen LogP contribution is 2.18. The van der Waals surface area contributed by atoms with Crippen LogP contribution in [0.2, 0.25) is 0 Å². The third kappa shape index (κ3) is 4.60. The molecule has 1 aromatic carbocycles. The summed E-state index contributed by atoms with van der Waals surface area (Å²) in [6.45, 7) is 8.63. The first-order valence-corrected chi connectivity index (χ1v) is 8.19. The quantitative estimate of drug-likeness (QED) is 0.842. The molecular formula is C14H24N2O2S. The van der Waals surface area contributed by atoms with E-state index in [1.807, 2.05) is 12.1 Å². The third-order valence-electron chi connectivity index (χ3n) is 3.42. The number of nitrogens with two attached hydrogens (primary N) is 1. The molecule has 0 aromatic heterocycles. The zero-order chi connectivity index (χ0) is 14.6. The molecule has 0 saturated carbocycles. The molecule has 0 radical (unpaired) electrons. The van der Waals surface area contributed by atoms with Gasteiger partial charge in [-0.1, -0.05) is 32.9 Å². The summed E-state index contributed by atoms with van der Waals surface area (Å²) in [5, 5.41) is 8.64. The molecule has 0 bridgehead atoms. The fourth-order valence-corrected chi connectivity index (χ4v) is 2.66. The van der Waals surface area contributed by atoms with Gasteiger partial charge in [-0.2, -0.15) is 0 Å². The molecule has 0 spiro atoms. The van der Waals surface area contributed by atoms with Gasteiger partial charge < -0.3 is 5.32 Å². The summed E-state index contributed by atoms with van der Waals surface area (Å²) in [5.41, 5.74) is 1.06. The zero-order valence-corrected chi connectivity index (χ0v) is 12.9. The molecule has 0 heterocycles. The lowest BCUT2D eigenvalue weighted by Gasteiger charge is -2.25. The molecule has 19 heavy (non-hydrogen) atoms. The summed E-state index contributed by atoms with van der Waals surface area (Å²) in [6.07, 6.45) is 1.07. The lowest BCUT2D eigenvalue weighted by molar-refractivity contribution is 0.356. The van der Waals surface area contributed by atoms with Crippen molar-refractivity contribution in [3.63, 3.8) is 0 Å². The second-order valence-corrected chi connectivity index (χ2v) is 6.82. The van der Waals surface area contributed by atoms with Crippen LogP contribution in [0.1, 0.15) is 45.7 Å². The van der Waals surface area contributed by atoms with Crippen molar-refractivity contribution in [1.29, 1.82) is 0 Å². The van der Waals surface area contributed by atoms with Crippen molar-refractivity contribution in [2.75, 3.05) is 0 Å². The lowest BCUT2D eigenvalue weighted by atomic mass is 9.99. The average molecular weight is 284 g/mol. The van der Waals surface area contributed by atoms with E-state index in [9.17, 15) is 8.42 Å². The monoisotopic (exact) mass is 284 g/mol. The van der Waals surface area contributed by atoms with Gasteiger partial charge in [-0.15, -0.1) is 0 Å². The van der Waals surface area contributed by atoms with Crippen LogP contribution >= 0.6 is 0 Å². The van der Waals surface area contributed by atoms with Crippen LogP contribution in [-0.4, -0.2) is 14.5 Å². The topological polar surface area (TPSA) is 72.2 Å². The second-order valence-electron chi connectivity index (χ2n) is 5.26. The summed E-state index contributed by atoms with van der Waals surface area (Å²) in [6, 6.07) is 7.36. The Labute approximate surface area is 116 Å². The van der Waals surface area contributed by atoms with Crippen molar-refractivity contribution in [2.45, 2.75) is 51.1 Å². The minimum atomic E-state index is -3.61. The van der Waals surface area contributed by atoms with Crippen molar-refractivity contribution in [3.05, 3.63) is 29.8 Å². The SMILES string of the molecule is CCC(NC(C)c1ccc(S(N)(=O)=O)cc1)C(C)C. The molecule has 5 heteroatoms. The molecule has 0 fully saturated rings. The predicted molar refractivity (Wildman–Crippen MR) is 78.3 cm³/mol. The van der Waals surface area contributed by atoms with Crippen LogP contribution in [0.15, 0.2) is 29.2 Å². The molecule has 3 N–H and O–H groups in total. The number of hydrogen-bond donors (Lipinski definition) is 2. The van der Waals surface area contributed by atoms with Gasteiger partial charge in [0.15, 0.2) is 0 Å². The van der Waals surface area contributed by atoms with E-state index in [0.29, 0.717) is 12.0 Å². The van der Waals surface area contributed by atoms with Crippen molar-refractivity contribution in [3.8, 4) is 0 Å². The van der Waals surface area contributed by atoms with Crippen LogP contribution < -0.4 is 10.5 Å². The van der Waals surface area contributed by atoms with E-state index in [1.54, 1.807) is 12.1 Å². The van der Waals surface area contributed by atoms with Gasteiger partial charge in [0, 0.05) is 12.1 Å². The first kappa shape index (κ1) is 16.1. The first-order chi connectivity index (χ1) is 8.75. The average Bonchev–Trinajstić information content (AvgIpc) is 2.34. The molecule has 4 nitrogen and oxygen atoms in total. The standard InChI is InChI=1S/C14H24N2O2S/c1-5-14(10(2)3)16-11(4)12-6-8-13(9-7-12)19(15,17)18/h6-11,14,16H,5H2,1-4H3,(H2,15,17,18). The lowest BCUT2D eigenvalue weighted by Crippen LogP contribution is -2.35. The number of benzene rings is 1. The Morgan fingerprint density at radius 3 is 2.05 bits per heavy atom. The Balaban J connectivity index is 2.81. The summed E-state index contributed by atoms with van der Waals surface area (Å²) in [4.78, 5) is 0.152. The molecule has 0 aliphatic carbocycles. The van der Waals surface area contributed by atoms with Gasteiger partial charge in [0.2, 0.25) is 10.0 Å². The van der Waals surface area contributed by atoms with Crippen molar-refractivity contribution in [2.24, 2.45) is 11.1 Å². The van der Waals surface area contributed by atoms with Gasteiger partial charge >= 0.3 is 0 Å². The number of hydrogen-bond acceptors (Lipinski definition) is 3. The largest absolute Gasteiger partial charge is 0.307 e. The summed E-state index contributed by atoms with van der Waals surface area (Å²) in [5.74, 6) is 0.566. The Morgan fingerprint density at radius 2 is 1.68 bits per heavy atom. The van der Waals surface area contributed by atoms with Gasteiger partial charge in [-0.3, -0.25) is 0 Å². The van der Waals surface area contributed by atoms with Crippen molar-refractivity contribution >= 4 is 10.0 Å². The normalized spacial score (nSPS) is 15.5. The van der Waals surface area contributed by atoms with Crippen LogP contribution in [0, 0.1) is 5.92 Å². The maximum absolute atomic E-state index is 11.2. The van der Waals surface area contributed by atoms with Crippen LogP contribution in [0.25, 0.3) is 0 Å². The molecule has 0 saturated heterocycles. The molecular weight excluding hydrogens is 260 g/mol. The van der Waals surface area contributed by atoms with Crippen LogP contribution in [0.5, 0.6) is 0 Å². The van der Waals surface area contributed by atoms with E-state index in [-0.39, 0.29) is 10.9 Å². The van der Waals surface area contributed by atoms with Gasteiger partial charge in [0.05, 0.1) is 4.90 Å². The van der Waals surface area contributed by atoms with Gasteiger partial charge in [0.1, 0.15) is 0 Å². The Morgan fingerprint density at radius 1 is 1.16 bits per heavy atom. The molecule has 108 valence electrons. The number of primary sulfonamides is 1. The second kappa shape index (κ2) is 6.50. The first-order valence-electron chi connectivity index (χ1n) is 6.64. The third-order valence-corrected chi connectivity index (χ3v) is 4.35. The van der Waals surface area contributed by atoms with E-state index in [4.69, 9.17) is 5.14 Å². The maximum atomic E-state index is 11.2. The van der Waals surface area contributed by atoms with Gasteiger partial charge in [-0.25, -0.2) is 13.6 Å². The number of sulfonamides is 1.